The fraction of sp³-hybridized carbons (Fsp3) is 0.235. The van der Waals surface area contributed by atoms with Crippen molar-refractivity contribution in [2.24, 2.45) is 0 Å². The molecule has 0 aliphatic rings. The lowest BCUT2D eigenvalue weighted by Crippen LogP contribution is -2.03. The molecule has 0 amide bonds. The van der Waals surface area contributed by atoms with Gasteiger partial charge in [0, 0.05) is 6.42 Å². The zero-order chi connectivity index (χ0) is 14.2. The fourth-order valence-electron chi connectivity index (χ4n) is 1.94. The highest BCUT2D eigenvalue weighted by molar-refractivity contribution is 7.12. The van der Waals surface area contributed by atoms with Crippen LogP contribution >= 0.6 is 11.3 Å². The van der Waals surface area contributed by atoms with E-state index in [-0.39, 0.29) is 5.78 Å². The molecule has 0 aliphatic heterocycles. The van der Waals surface area contributed by atoms with Gasteiger partial charge in [-0.25, -0.2) is 0 Å². The Hall–Kier alpha value is -1.87. The van der Waals surface area contributed by atoms with E-state index in [1.807, 2.05) is 47.9 Å². The summed E-state index contributed by atoms with van der Waals surface area (Å²) < 4.78 is 5.76. The molecule has 0 aliphatic carbocycles. The first kappa shape index (κ1) is 14.5. The number of thiophene rings is 1. The molecule has 2 aromatic rings. The molecule has 0 fully saturated rings. The third-order valence-corrected chi connectivity index (χ3v) is 3.85. The van der Waals surface area contributed by atoms with Crippen LogP contribution in [0.15, 0.2) is 54.4 Å². The van der Waals surface area contributed by atoms with Crippen LogP contribution in [0.4, 0.5) is 0 Å². The molecule has 1 heterocycles. The van der Waals surface area contributed by atoms with Crippen LogP contribution in [-0.2, 0) is 6.42 Å². The first-order valence-corrected chi connectivity index (χ1v) is 7.57. The number of hydrogen-bond acceptors (Lipinski definition) is 3. The Morgan fingerprint density at radius 1 is 1.25 bits per heavy atom. The number of carbonyl (C=O) groups excluding carboxylic acids is 1. The lowest BCUT2D eigenvalue weighted by Gasteiger charge is -2.09. The van der Waals surface area contributed by atoms with Gasteiger partial charge in [0.15, 0.2) is 5.78 Å². The number of carbonyl (C=O) groups is 1. The Morgan fingerprint density at radius 2 is 2.10 bits per heavy atom. The molecule has 3 heteroatoms. The summed E-state index contributed by atoms with van der Waals surface area (Å²) in [5, 5.41) is 1.93. The summed E-state index contributed by atoms with van der Waals surface area (Å²) >= 11 is 1.49. The average molecular weight is 286 g/mol. The second kappa shape index (κ2) is 7.65. The van der Waals surface area contributed by atoms with Gasteiger partial charge in [-0.1, -0.05) is 30.3 Å². The summed E-state index contributed by atoms with van der Waals surface area (Å²) in [6.45, 7) is 4.31. The van der Waals surface area contributed by atoms with E-state index in [1.165, 1.54) is 11.3 Å². The maximum absolute atomic E-state index is 11.8. The molecule has 104 valence electrons. The first-order valence-electron chi connectivity index (χ1n) is 6.69. The van der Waals surface area contributed by atoms with Crippen LogP contribution in [0.3, 0.4) is 0 Å². The maximum atomic E-state index is 11.8. The van der Waals surface area contributed by atoms with Crippen molar-refractivity contribution in [1.29, 1.82) is 0 Å². The molecule has 20 heavy (non-hydrogen) atoms. The van der Waals surface area contributed by atoms with Gasteiger partial charge >= 0.3 is 0 Å². The minimum absolute atomic E-state index is 0.197. The van der Waals surface area contributed by atoms with Crippen LogP contribution in [0, 0.1) is 0 Å². The maximum Gasteiger partial charge on any atom is 0.172 e. The Bertz CT molecular complexity index is 558. The highest BCUT2D eigenvalue weighted by atomic mass is 32.1. The predicted octanol–water partition coefficient (Wildman–Crippen LogP) is 4.52. The number of allylic oxidation sites excluding steroid dienone is 1. The van der Waals surface area contributed by atoms with Gasteiger partial charge in [-0.05, 0) is 35.9 Å². The summed E-state index contributed by atoms with van der Waals surface area (Å²) in [7, 11) is 0. The molecule has 0 unspecified atom stereocenters. The molecule has 0 saturated heterocycles. The number of para-hydroxylation sites is 1. The number of Topliss-reactive ketones (excluding diaryl/α,β-unsaturated/α-hetero) is 1. The molecule has 0 saturated carbocycles. The quantitative estimate of drug-likeness (QED) is 0.405. The van der Waals surface area contributed by atoms with Gasteiger partial charge in [0.2, 0.25) is 0 Å². The lowest BCUT2D eigenvalue weighted by molar-refractivity contribution is 0.0977. The smallest absolute Gasteiger partial charge is 0.172 e. The molecule has 1 aromatic carbocycles. The Balaban J connectivity index is 1.79. The van der Waals surface area contributed by atoms with Gasteiger partial charge < -0.3 is 4.74 Å². The van der Waals surface area contributed by atoms with Crippen LogP contribution in [0.2, 0.25) is 0 Å². The van der Waals surface area contributed by atoms with Crippen molar-refractivity contribution in [3.05, 3.63) is 64.9 Å². The second-order valence-corrected chi connectivity index (χ2v) is 5.40. The van der Waals surface area contributed by atoms with E-state index in [1.54, 1.807) is 0 Å². The van der Waals surface area contributed by atoms with Crippen LogP contribution in [0.1, 0.15) is 28.1 Å². The molecule has 0 radical (unpaired) electrons. The third kappa shape index (κ3) is 4.07. The van der Waals surface area contributed by atoms with Crippen LogP contribution in [0.25, 0.3) is 0 Å². The molecule has 2 rings (SSSR count). The van der Waals surface area contributed by atoms with Crippen molar-refractivity contribution in [1.82, 2.24) is 0 Å². The number of benzene rings is 1. The average Bonchev–Trinajstić information content (AvgIpc) is 2.99. The van der Waals surface area contributed by atoms with E-state index in [2.05, 4.69) is 6.58 Å². The van der Waals surface area contributed by atoms with Crippen LogP contribution < -0.4 is 4.74 Å². The summed E-state index contributed by atoms with van der Waals surface area (Å²) in [5.41, 5.74) is 1.13. The normalized spacial score (nSPS) is 10.2. The van der Waals surface area contributed by atoms with Crippen molar-refractivity contribution in [3.63, 3.8) is 0 Å². The van der Waals surface area contributed by atoms with E-state index in [4.69, 9.17) is 4.74 Å². The van der Waals surface area contributed by atoms with Crippen molar-refractivity contribution in [2.75, 3.05) is 6.61 Å². The van der Waals surface area contributed by atoms with Gasteiger partial charge in [0.1, 0.15) is 5.75 Å². The SMILES string of the molecule is C=CCc1ccccc1OCCCC(=O)c1cccs1. The minimum atomic E-state index is 0.197. The third-order valence-electron chi connectivity index (χ3n) is 2.94. The van der Waals surface area contributed by atoms with E-state index < -0.39 is 0 Å². The summed E-state index contributed by atoms with van der Waals surface area (Å²) in [6, 6.07) is 11.7. The number of ketones is 1. The summed E-state index contributed by atoms with van der Waals surface area (Å²) in [4.78, 5) is 12.7. The van der Waals surface area contributed by atoms with E-state index >= 15 is 0 Å². The van der Waals surface area contributed by atoms with Gasteiger partial charge in [-0.15, -0.1) is 17.9 Å². The monoisotopic (exact) mass is 286 g/mol. The highest BCUT2D eigenvalue weighted by Gasteiger charge is 2.07. The van der Waals surface area contributed by atoms with Crippen molar-refractivity contribution >= 4 is 17.1 Å². The molecule has 2 nitrogen and oxygen atoms in total. The largest absolute Gasteiger partial charge is 0.493 e. The summed E-state index contributed by atoms with van der Waals surface area (Å²) in [6.07, 6.45) is 3.93. The molecular formula is C17H18O2S. The standard InChI is InChI=1S/C17H18O2S/c1-2-7-14-8-3-4-10-16(14)19-12-5-9-15(18)17-11-6-13-20-17/h2-4,6,8,10-11,13H,1,5,7,9,12H2. The van der Waals surface area contributed by atoms with E-state index in [9.17, 15) is 4.79 Å². The Kier molecular flexibility index (Phi) is 5.56. The first-order chi connectivity index (χ1) is 9.81. The van der Waals surface area contributed by atoms with E-state index in [0.29, 0.717) is 13.0 Å². The van der Waals surface area contributed by atoms with Gasteiger partial charge in [0.25, 0.3) is 0 Å². The number of ether oxygens (including phenoxy) is 1. The highest BCUT2D eigenvalue weighted by Crippen LogP contribution is 2.19. The van der Waals surface area contributed by atoms with Gasteiger partial charge in [-0.3, -0.25) is 4.79 Å². The van der Waals surface area contributed by atoms with Crippen molar-refractivity contribution < 1.29 is 9.53 Å². The predicted molar refractivity (Wildman–Crippen MR) is 83.7 cm³/mol. The molecule has 0 N–H and O–H groups in total. The fourth-order valence-corrected chi connectivity index (χ4v) is 2.64. The Labute approximate surface area is 123 Å². The molecule has 0 atom stereocenters. The topological polar surface area (TPSA) is 26.3 Å². The Morgan fingerprint density at radius 3 is 2.85 bits per heavy atom. The zero-order valence-electron chi connectivity index (χ0n) is 11.4. The van der Waals surface area contributed by atoms with Gasteiger partial charge in [0.05, 0.1) is 11.5 Å². The number of hydrogen-bond donors (Lipinski definition) is 0. The molecular weight excluding hydrogens is 268 g/mol. The molecule has 0 spiro atoms. The summed E-state index contributed by atoms with van der Waals surface area (Å²) in [5.74, 6) is 1.08. The second-order valence-electron chi connectivity index (χ2n) is 4.45. The van der Waals surface area contributed by atoms with Crippen LogP contribution in [-0.4, -0.2) is 12.4 Å². The van der Waals surface area contributed by atoms with Crippen molar-refractivity contribution in [2.45, 2.75) is 19.3 Å². The van der Waals surface area contributed by atoms with Crippen LogP contribution in [0.5, 0.6) is 5.75 Å². The molecule has 0 bridgehead atoms. The zero-order valence-corrected chi connectivity index (χ0v) is 12.2. The van der Waals surface area contributed by atoms with Crippen molar-refractivity contribution in [3.8, 4) is 5.75 Å². The minimum Gasteiger partial charge on any atom is -0.493 e. The molecule has 1 aromatic heterocycles. The lowest BCUT2D eigenvalue weighted by atomic mass is 10.1. The van der Waals surface area contributed by atoms with Gasteiger partial charge in [-0.2, -0.15) is 0 Å². The number of rotatable bonds is 8. The van der Waals surface area contributed by atoms with E-state index in [0.717, 1.165) is 29.0 Å².